The maximum absolute atomic E-state index is 12.9. The Balaban J connectivity index is 1.24. The number of aromatic nitrogens is 1. The van der Waals surface area contributed by atoms with Crippen molar-refractivity contribution in [2.45, 2.75) is 36.6 Å². The highest BCUT2D eigenvalue weighted by atomic mass is 32.2. The number of thioether (sulfide) groups is 1. The lowest BCUT2D eigenvalue weighted by Gasteiger charge is -2.36. The van der Waals surface area contributed by atoms with E-state index in [4.69, 9.17) is 9.47 Å². The monoisotopic (exact) mass is 582 g/mol. The third kappa shape index (κ3) is 5.45. The van der Waals surface area contributed by atoms with E-state index in [1.165, 1.54) is 17.8 Å². The number of imide groups is 1. The van der Waals surface area contributed by atoms with E-state index < -0.39 is 12.3 Å². The molecule has 2 amide bonds. The molecule has 1 saturated heterocycles. The van der Waals surface area contributed by atoms with Crippen LogP contribution in [0.25, 0.3) is 0 Å². The number of aliphatic hydroxyl groups is 1. The van der Waals surface area contributed by atoms with E-state index in [-0.39, 0.29) is 36.2 Å². The normalized spacial score (nSPS) is 20.0. The summed E-state index contributed by atoms with van der Waals surface area (Å²) in [6.07, 6.45) is 0.677. The molecule has 2 N–H and O–H groups in total. The van der Waals surface area contributed by atoms with E-state index in [1.807, 2.05) is 24.3 Å². The highest BCUT2D eigenvalue weighted by Crippen LogP contribution is 2.40. The Kier molecular flexibility index (Phi) is 7.86. The van der Waals surface area contributed by atoms with Gasteiger partial charge in [-0.2, -0.15) is 0 Å². The summed E-state index contributed by atoms with van der Waals surface area (Å²) in [6.45, 7) is -0.0632. The second-order valence-electron chi connectivity index (χ2n) is 9.91. The van der Waals surface area contributed by atoms with Crippen molar-refractivity contribution in [2.24, 2.45) is 0 Å². The van der Waals surface area contributed by atoms with E-state index in [2.05, 4.69) is 4.98 Å². The number of amides is 2. The quantitative estimate of drug-likeness (QED) is 0.207. The van der Waals surface area contributed by atoms with Crippen LogP contribution in [0.3, 0.4) is 0 Å². The molecule has 1 fully saturated rings. The predicted molar refractivity (Wildman–Crippen MR) is 154 cm³/mol. The zero-order valence-corrected chi connectivity index (χ0v) is 23.1. The molecule has 0 spiro atoms. The molecule has 2 aliphatic rings. The fourth-order valence-corrected chi connectivity index (χ4v) is 6.07. The Bertz CT molecular complexity index is 1610. The molecule has 0 radical (unpaired) electrons. The van der Waals surface area contributed by atoms with Crippen molar-refractivity contribution in [1.29, 1.82) is 0 Å². The summed E-state index contributed by atoms with van der Waals surface area (Å²) in [7, 11) is 0. The van der Waals surface area contributed by atoms with E-state index in [1.54, 1.807) is 60.8 Å². The van der Waals surface area contributed by atoms with Gasteiger partial charge in [0, 0.05) is 23.9 Å². The minimum absolute atomic E-state index is 0.0632. The number of carbonyl (C=O) groups excluding carboxylic acids is 2. The molecule has 6 rings (SSSR count). The molecule has 4 aromatic rings. The second-order valence-corrected chi connectivity index (χ2v) is 10.9. The summed E-state index contributed by atoms with van der Waals surface area (Å²) in [5, 5.41) is 19.4. The molecule has 3 aromatic carbocycles. The number of ether oxygens (including phenoxy) is 2. The smallest absolute Gasteiger partial charge is 0.338 e. The van der Waals surface area contributed by atoms with E-state index >= 15 is 0 Å². The van der Waals surface area contributed by atoms with Crippen molar-refractivity contribution in [2.75, 3.05) is 10.7 Å². The van der Waals surface area contributed by atoms with Gasteiger partial charge >= 0.3 is 5.97 Å². The molecule has 3 atom stereocenters. The van der Waals surface area contributed by atoms with Gasteiger partial charge in [0.15, 0.2) is 6.29 Å². The number of hydrogen-bond donors (Lipinski definition) is 2. The van der Waals surface area contributed by atoms with Crippen LogP contribution in [-0.4, -0.2) is 44.8 Å². The van der Waals surface area contributed by atoms with Crippen LogP contribution in [0.5, 0.6) is 0 Å². The largest absolute Gasteiger partial charge is 0.478 e. The van der Waals surface area contributed by atoms with Crippen LogP contribution in [0.1, 0.15) is 66.6 Å². The molecule has 2 aliphatic heterocycles. The van der Waals surface area contributed by atoms with Gasteiger partial charge in [-0.1, -0.05) is 48.5 Å². The highest BCUT2D eigenvalue weighted by Gasteiger charge is 2.37. The standard InChI is InChI=1S/C32H26N2O7S/c35-17-19-7-9-20(10-8-19)27-16-23(18-42-28-26(31(38)39)6-3-15-33-28)40-32(41-27)21-11-13-22(14-12-21)34-29(36)24-4-1-2-5-25(24)30(34)37/h1-15,23,27,32,35H,16-18H2,(H,38,39). The SMILES string of the molecule is O=C(O)c1cccnc1SCC1CC(c2ccc(CO)cc2)OC(c2ccc(N3C(=O)c4ccccc4C3=O)cc2)O1. The molecule has 0 bridgehead atoms. The van der Waals surface area contributed by atoms with Crippen LogP contribution in [0, 0.1) is 0 Å². The van der Waals surface area contributed by atoms with Gasteiger partial charge in [-0.05, 0) is 47.5 Å². The molecular weight excluding hydrogens is 556 g/mol. The van der Waals surface area contributed by atoms with Crippen LogP contribution in [0.2, 0.25) is 0 Å². The number of carboxylic acids is 1. The highest BCUT2D eigenvalue weighted by molar-refractivity contribution is 7.99. The van der Waals surface area contributed by atoms with Crippen LogP contribution >= 0.6 is 11.8 Å². The maximum Gasteiger partial charge on any atom is 0.338 e. The van der Waals surface area contributed by atoms with E-state index in [0.29, 0.717) is 39.6 Å². The molecule has 9 nitrogen and oxygen atoms in total. The molecule has 1 aromatic heterocycles. The minimum Gasteiger partial charge on any atom is -0.478 e. The number of benzene rings is 3. The molecule has 3 heterocycles. The van der Waals surface area contributed by atoms with Crippen molar-refractivity contribution < 1.29 is 34.1 Å². The fourth-order valence-electron chi connectivity index (χ4n) is 5.07. The Morgan fingerprint density at radius 3 is 2.19 bits per heavy atom. The number of carbonyl (C=O) groups is 3. The summed E-state index contributed by atoms with van der Waals surface area (Å²) in [4.78, 5) is 42.9. The summed E-state index contributed by atoms with van der Waals surface area (Å²) >= 11 is 1.31. The first-order valence-corrected chi connectivity index (χ1v) is 14.3. The van der Waals surface area contributed by atoms with Gasteiger partial charge in [0.05, 0.1) is 41.2 Å². The third-order valence-electron chi connectivity index (χ3n) is 7.24. The van der Waals surface area contributed by atoms with Gasteiger partial charge in [0.1, 0.15) is 5.03 Å². The number of rotatable bonds is 8. The van der Waals surface area contributed by atoms with Gasteiger partial charge in [0.25, 0.3) is 11.8 Å². The van der Waals surface area contributed by atoms with Gasteiger partial charge in [-0.3, -0.25) is 9.59 Å². The number of anilines is 1. The van der Waals surface area contributed by atoms with Gasteiger partial charge in [0.2, 0.25) is 0 Å². The first-order chi connectivity index (χ1) is 20.4. The lowest BCUT2D eigenvalue weighted by Crippen LogP contribution is -2.31. The van der Waals surface area contributed by atoms with Crippen LogP contribution in [0.15, 0.2) is 96.2 Å². The van der Waals surface area contributed by atoms with Gasteiger partial charge in [-0.15, -0.1) is 11.8 Å². The Labute approximate surface area is 245 Å². The maximum atomic E-state index is 12.9. The molecule has 3 unspecified atom stereocenters. The zero-order chi connectivity index (χ0) is 29.2. The topological polar surface area (TPSA) is 126 Å². The average Bonchev–Trinajstić information content (AvgIpc) is 3.29. The van der Waals surface area contributed by atoms with Crippen molar-refractivity contribution in [3.63, 3.8) is 0 Å². The van der Waals surface area contributed by atoms with E-state index in [0.717, 1.165) is 16.0 Å². The number of fused-ring (bicyclic) bond motifs is 1. The molecule has 10 heteroatoms. The summed E-state index contributed by atoms with van der Waals surface area (Å²) < 4.78 is 12.7. The van der Waals surface area contributed by atoms with Gasteiger partial charge < -0.3 is 19.7 Å². The molecule has 212 valence electrons. The first-order valence-electron chi connectivity index (χ1n) is 13.3. The van der Waals surface area contributed by atoms with E-state index in [9.17, 15) is 24.6 Å². The Morgan fingerprint density at radius 1 is 0.881 bits per heavy atom. The number of aliphatic hydroxyl groups excluding tert-OH is 1. The molecule has 42 heavy (non-hydrogen) atoms. The summed E-state index contributed by atoms with van der Waals surface area (Å²) in [6, 6.07) is 24.3. The lowest BCUT2D eigenvalue weighted by atomic mass is 10.0. The van der Waals surface area contributed by atoms with Crippen molar-refractivity contribution in [1.82, 2.24) is 4.98 Å². The first kappa shape index (κ1) is 27.8. The van der Waals surface area contributed by atoms with Crippen molar-refractivity contribution >= 4 is 35.2 Å². The number of nitrogens with zero attached hydrogens (tertiary/aromatic N) is 2. The molecular formula is C32H26N2O7S. The number of aromatic carboxylic acids is 1. The fraction of sp³-hybridized carbons (Fsp3) is 0.188. The average molecular weight is 583 g/mol. The Hall–Kier alpha value is -4.35. The molecule has 0 aliphatic carbocycles. The van der Waals surface area contributed by atoms with Gasteiger partial charge in [-0.25, -0.2) is 14.7 Å². The number of hydrogen-bond acceptors (Lipinski definition) is 8. The zero-order valence-electron chi connectivity index (χ0n) is 22.3. The second kappa shape index (κ2) is 11.9. The lowest BCUT2D eigenvalue weighted by molar-refractivity contribution is -0.245. The predicted octanol–water partition coefficient (Wildman–Crippen LogP) is 5.41. The summed E-state index contributed by atoms with van der Waals surface area (Å²) in [5.74, 6) is -1.34. The van der Waals surface area contributed by atoms with Crippen LogP contribution in [-0.2, 0) is 16.1 Å². The van der Waals surface area contributed by atoms with Crippen LogP contribution in [0.4, 0.5) is 5.69 Å². The van der Waals surface area contributed by atoms with Crippen LogP contribution < -0.4 is 4.90 Å². The summed E-state index contributed by atoms with van der Waals surface area (Å²) in [5.41, 5.74) is 3.73. The number of carboxylic acid groups (broad SMARTS) is 1. The minimum atomic E-state index is -1.05. The third-order valence-corrected chi connectivity index (χ3v) is 8.38. The Morgan fingerprint density at radius 2 is 1.55 bits per heavy atom. The van der Waals surface area contributed by atoms with Crippen molar-refractivity contribution in [3.05, 3.63) is 125 Å². The number of pyridine rings is 1. The molecule has 0 saturated carbocycles. The van der Waals surface area contributed by atoms with Crippen molar-refractivity contribution in [3.8, 4) is 0 Å².